The zero-order chi connectivity index (χ0) is 17.7. The molecule has 4 atom stereocenters. The van der Waals surface area contributed by atoms with Crippen molar-refractivity contribution in [2.45, 2.75) is 19.8 Å². The van der Waals surface area contributed by atoms with E-state index in [9.17, 15) is 19.5 Å². The zero-order valence-electron chi connectivity index (χ0n) is 13.9. The summed E-state index contributed by atoms with van der Waals surface area (Å²) in [7, 11) is 0. The van der Waals surface area contributed by atoms with Crippen LogP contribution in [-0.2, 0) is 20.8 Å². The lowest BCUT2D eigenvalue weighted by Crippen LogP contribution is -2.36. The first kappa shape index (κ1) is 15.9. The van der Waals surface area contributed by atoms with E-state index in [0.29, 0.717) is 12.2 Å². The summed E-state index contributed by atoms with van der Waals surface area (Å²) >= 11 is 0. The first-order chi connectivity index (χ1) is 12.0. The minimum Gasteiger partial charge on any atom is -0.481 e. The van der Waals surface area contributed by atoms with Crippen molar-refractivity contribution < 1.29 is 19.5 Å². The van der Waals surface area contributed by atoms with E-state index in [-0.39, 0.29) is 23.7 Å². The zero-order valence-corrected chi connectivity index (χ0v) is 13.9. The molecule has 0 saturated heterocycles. The molecule has 3 aliphatic rings. The molecule has 2 aliphatic carbocycles. The standard InChI is InChI=1S/C19H20N2O4/c1-10(22)21-7-6-11-9-14(4-5-15(11)21)20-18(23)16-12-2-3-13(8-12)17(16)19(24)25/h2-5,9,12-13,16-17H,6-8H2,1H3,(H,20,23)(H,24,25)/t12-,13-,16+,17-/m0/s1. The lowest BCUT2D eigenvalue weighted by molar-refractivity contribution is -0.146. The summed E-state index contributed by atoms with van der Waals surface area (Å²) in [5.74, 6) is -2.31. The molecule has 0 radical (unpaired) electrons. The highest BCUT2D eigenvalue weighted by Gasteiger charge is 2.51. The Bertz CT molecular complexity index is 801. The minimum atomic E-state index is -0.900. The molecule has 130 valence electrons. The van der Waals surface area contributed by atoms with Gasteiger partial charge < -0.3 is 15.3 Å². The Hall–Kier alpha value is -2.63. The highest BCUT2D eigenvalue weighted by Crippen LogP contribution is 2.48. The lowest BCUT2D eigenvalue weighted by atomic mass is 9.82. The molecule has 1 aliphatic heterocycles. The highest BCUT2D eigenvalue weighted by molar-refractivity contribution is 5.98. The van der Waals surface area contributed by atoms with Crippen molar-refractivity contribution in [2.75, 3.05) is 16.8 Å². The van der Waals surface area contributed by atoms with E-state index in [4.69, 9.17) is 0 Å². The van der Waals surface area contributed by atoms with E-state index in [1.165, 1.54) is 0 Å². The number of carboxylic acid groups (broad SMARTS) is 1. The second-order valence-corrected chi connectivity index (χ2v) is 7.09. The van der Waals surface area contributed by atoms with E-state index in [1.807, 2.05) is 24.3 Å². The molecule has 6 nitrogen and oxygen atoms in total. The number of carboxylic acids is 1. The number of rotatable bonds is 3. The van der Waals surface area contributed by atoms with Crippen LogP contribution in [0.15, 0.2) is 30.4 Å². The predicted molar refractivity (Wildman–Crippen MR) is 92.2 cm³/mol. The van der Waals surface area contributed by atoms with Gasteiger partial charge in [0.2, 0.25) is 11.8 Å². The quantitative estimate of drug-likeness (QED) is 0.825. The third kappa shape index (κ3) is 2.52. The topological polar surface area (TPSA) is 86.7 Å². The fourth-order valence-corrected chi connectivity index (χ4v) is 4.55. The maximum absolute atomic E-state index is 12.7. The SMILES string of the molecule is CC(=O)N1CCc2cc(NC(=O)[C@H]3[C@@H](C(=O)O)[C@H]4C=C[C@H]3C4)ccc21. The van der Waals surface area contributed by atoms with Gasteiger partial charge in [0.25, 0.3) is 0 Å². The van der Waals surface area contributed by atoms with Gasteiger partial charge >= 0.3 is 5.97 Å². The first-order valence-corrected chi connectivity index (χ1v) is 8.58. The number of benzene rings is 1. The van der Waals surface area contributed by atoms with Gasteiger partial charge in [0.15, 0.2) is 0 Å². The van der Waals surface area contributed by atoms with Gasteiger partial charge in [-0.1, -0.05) is 12.2 Å². The van der Waals surface area contributed by atoms with Gasteiger partial charge in [-0.2, -0.15) is 0 Å². The number of nitrogens with zero attached hydrogens (tertiary/aromatic N) is 1. The van der Waals surface area contributed by atoms with Gasteiger partial charge in [-0.15, -0.1) is 0 Å². The maximum atomic E-state index is 12.7. The molecule has 2 bridgehead atoms. The van der Waals surface area contributed by atoms with Crippen LogP contribution in [0.3, 0.4) is 0 Å². The Labute approximate surface area is 145 Å². The summed E-state index contributed by atoms with van der Waals surface area (Å²) in [6.45, 7) is 2.19. The van der Waals surface area contributed by atoms with Gasteiger partial charge in [-0.05, 0) is 48.4 Å². The van der Waals surface area contributed by atoms with Crippen LogP contribution in [0.5, 0.6) is 0 Å². The Balaban J connectivity index is 1.53. The summed E-state index contributed by atoms with van der Waals surface area (Å²) in [5.41, 5.74) is 2.57. The largest absolute Gasteiger partial charge is 0.481 e. The van der Waals surface area contributed by atoms with Crippen LogP contribution in [-0.4, -0.2) is 29.4 Å². The molecule has 0 unspecified atom stereocenters. The molecule has 2 N–H and O–H groups in total. The maximum Gasteiger partial charge on any atom is 0.307 e. The number of allylic oxidation sites excluding steroid dienone is 2. The summed E-state index contributed by atoms with van der Waals surface area (Å²) in [6.07, 6.45) is 5.40. The van der Waals surface area contributed by atoms with Crippen LogP contribution in [0.2, 0.25) is 0 Å². The third-order valence-electron chi connectivity index (χ3n) is 5.67. The average Bonchev–Trinajstić information content (AvgIpc) is 3.27. The van der Waals surface area contributed by atoms with Gasteiger partial charge in [0.05, 0.1) is 11.8 Å². The van der Waals surface area contributed by atoms with E-state index >= 15 is 0 Å². The lowest BCUT2D eigenvalue weighted by Gasteiger charge is -2.24. The molecule has 0 aromatic heterocycles. The Morgan fingerprint density at radius 2 is 1.88 bits per heavy atom. The van der Waals surface area contributed by atoms with Crippen LogP contribution < -0.4 is 10.2 Å². The Morgan fingerprint density at radius 1 is 1.16 bits per heavy atom. The van der Waals surface area contributed by atoms with Crippen molar-refractivity contribution in [3.63, 3.8) is 0 Å². The molecular weight excluding hydrogens is 320 g/mol. The predicted octanol–water partition coefficient (Wildman–Crippen LogP) is 2.06. The van der Waals surface area contributed by atoms with Crippen molar-refractivity contribution in [3.05, 3.63) is 35.9 Å². The fourth-order valence-electron chi connectivity index (χ4n) is 4.55. The summed E-state index contributed by atoms with van der Waals surface area (Å²) in [5, 5.41) is 12.4. The molecule has 0 spiro atoms. The van der Waals surface area contributed by atoms with Gasteiger partial charge in [0.1, 0.15) is 0 Å². The van der Waals surface area contributed by atoms with E-state index in [2.05, 4.69) is 5.32 Å². The number of nitrogens with one attached hydrogen (secondary N) is 1. The average molecular weight is 340 g/mol. The smallest absolute Gasteiger partial charge is 0.307 e. The van der Waals surface area contributed by atoms with Crippen molar-refractivity contribution in [3.8, 4) is 0 Å². The Morgan fingerprint density at radius 3 is 2.56 bits per heavy atom. The molecule has 4 rings (SSSR count). The molecule has 25 heavy (non-hydrogen) atoms. The summed E-state index contributed by atoms with van der Waals surface area (Å²) < 4.78 is 0. The summed E-state index contributed by atoms with van der Waals surface area (Å²) in [4.78, 5) is 37.6. The van der Waals surface area contributed by atoms with E-state index in [1.54, 1.807) is 17.9 Å². The molecule has 1 aromatic rings. The van der Waals surface area contributed by atoms with Crippen molar-refractivity contribution in [1.29, 1.82) is 0 Å². The number of fused-ring (bicyclic) bond motifs is 3. The number of carbonyl (C=O) groups excluding carboxylic acids is 2. The molecule has 2 amide bonds. The summed E-state index contributed by atoms with van der Waals surface area (Å²) in [6, 6.07) is 5.50. The second-order valence-electron chi connectivity index (χ2n) is 7.09. The van der Waals surface area contributed by atoms with E-state index in [0.717, 1.165) is 24.1 Å². The van der Waals surface area contributed by atoms with Crippen molar-refractivity contribution in [2.24, 2.45) is 23.7 Å². The first-order valence-electron chi connectivity index (χ1n) is 8.58. The minimum absolute atomic E-state index is 0.00797. The second kappa shape index (κ2) is 5.72. The highest BCUT2D eigenvalue weighted by atomic mass is 16.4. The number of anilines is 2. The van der Waals surface area contributed by atoms with Gasteiger partial charge in [-0.25, -0.2) is 0 Å². The number of hydrogen-bond acceptors (Lipinski definition) is 3. The molecule has 1 fully saturated rings. The van der Waals surface area contributed by atoms with Crippen LogP contribution >= 0.6 is 0 Å². The normalized spacial score (nSPS) is 28.9. The van der Waals surface area contributed by atoms with Crippen LogP contribution in [0.1, 0.15) is 18.9 Å². The third-order valence-corrected chi connectivity index (χ3v) is 5.67. The monoisotopic (exact) mass is 340 g/mol. The number of hydrogen-bond donors (Lipinski definition) is 2. The molecule has 1 aromatic carbocycles. The van der Waals surface area contributed by atoms with E-state index < -0.39 is 17.8 Å². The van der Waals surface area contributed by atoms with Gasteiger partial charge in [-0.3, -0.25) is 14.4 Å². The van der Waals surface area contributed by atoms with Crippen molar-refractivity contribution in [1.82, 2.24) is 0 Å². The molecular formula is C19H20N2O4. The number of aliphatic carboxylic acids is 1. The Kier molecular flexibility index (Phi) is 3.63. The molecule has 1 saturated carbocycles. The molecule has 6 heteroatoms. The van der Waals surface area contributed by atoms with Crippen LogP contribution in [0, 0.1) is 23.7 Å². The number of amides is 2. The fraction of sp³-hybridized carbons (Fsp3) is 0.421. The number of carbonyl (C=O) groups is 3. The van der Waals surface area contributed by atoms with Crippen LogP contribution in [0.25, 0.3) is 0 Å². The molecule has 1 heterocycles. The van der Waals surface area contributed by atoms with Crippen molar-refractivity contribution >= 4 is 29.2 Å². The van der Waals surface area contributed by atoms with Gasteiger partial charge in [0, 0.05) is 24.8 Å². The van der Waals surface area contributed by atoms with Crippen LogP contribution in [0.4, 0.5) is 11.4 Å².